The highest BCUT2D eigenvalue weighted by Crippen LogP contribution is 2.41. The van der Waals surface area contributed by atoms with E-state index in [0.717, 1.165) is 29.8 Å². The highest BCUT2D eigenvalue weighted by molar-refractivity contribution is 7.19. The van der Waals surface area contributed by atoms with Crippen LogP contribution in [0.3, 0.4) is 0 Å². The smallest absolute Gasteiger partial charge is 0.290 e. The molecular formula is C28H28N4O5S. The third-order valence-electron chi connectivity index (χ3n) is 7.31. The summed E-state index contributed by atoms with van der Waals surface area (Å²) in [6.07, 6.45) is 0. The summed E-state index contributed by atoms with van der Waals surface area (Å²) in [7, 11) is 1.57. The Bertz CT molecular complexity index is 1580. The van der Waals surface area contributed by atoms with Crippen LogP contribution in [-0.2, 0) is 9.53 Å². The fourth-order valence-electron chi connectivity index (χ4n) is 5.34. The molecule has 0 bridgehead atoms. The van der Waals surface area contributed by atoms with Gasteiger partial charge in [-0.15, -0.1) is 0 Å². The van der Waals surface area contributed by atoms with E-state index in [1.807, 2.05) is 59.9 Å². The second-order valence-corrected chi connectivity index (χ2v) is 10.4. The summed E-state index contributed by atoms with van der Waals surface area (Å²) in [6, 6.07) is 14.3. The summed E-state index contributed by atoms with van der Waals surface area (Å²) in [5, 5.41) is 11.1. The molecule has 9 nitrogen and oxygen atoms in total. The molecule has 0 spiro atoms. The predicted octanol–water partition coefficient (Wildman–Crippen LogP) is 3.78. The number of carbonyl (C=O) groups excluding carboxylic acids is 2. The van der Waals surface area contributed by atoms with E-state index in [0.29, 0.717) is 47.5 Å². The van der Waals surface area contributed by atoms with E-state index < -0.39 is 17.7 Å². The van der Waals surface area contributed by atoms with Gasteiger partial charge in [-0.05, 0) is 36.8 Å². The number of rotatable bonds is 7. The zero-order chi connectivity index (χ0) is 26.4. The van der Waals surface area contributed by atoms with Crippen molar-refractivity contribution >= 4 is 39.0 Å². The molecule has 1 fully saturated rings. The quantitative estimate of drug-likeness (QED) is 0.362. The minimum Gasteiger partial charge on any atom is -0.503 e. The molecular weight excluding hydrogens is 504 g/mol. The number of aliphatic hydroxyl groups excluding tert-OH is 1. The van der Waals surface area contributed by atoms with Crippen molar-refractivity contribution in [1.29, 1.82) is 0 Å². The molecule has 2 aromatic heterocycles. The lowest BCUT2D eigenvalue weighted by atomic mass is 9.95. The minimum atomic E-state index is -0.739. The van der Waals surface area contributed by atoms with Crippen molar-refractivity contribution in [3.63, 3.8) is 0 Å². The summed E-state index contributed by atoms with van der Waals surface area (Å²) >= 11 is 1.27. The number of Topliss-reactive ketones (excluding diaryl/α,β-unsaturated/α-hetero) is 1. The van der Waals surface area contributed by atoms with Crippen molar-refractivity contribution in [3.8, 4) is 5.75 Å². The van der Waals surface area contributed by atoms with Gasteiger partial charge in [0.2, 0.25) is 5.78 Å². The average Bonchev–Trinajstić information content (AvgIpc) is 3.56. The predicted molar refractivity (Wildman–Crippen MR) is 144 cm³/mol. The molecule has 38 heavy (non-hydrogen) atoms. The van der Waals surface area contributed by atoms with Gasteiger partial charge in [0.1, 0.15) is 5.75 Å². The first-order valence-electron chi connectivity index (χ1n) is 12.6. The van der Waals surface area contributed by atoms with Crippen LogP contribution in [0.5, 0.6) is 5.75 Å². The number of hydrogen-bond donors (Lipinski definition) is 1. The summed E-state index contributed by atoms with van der Waals surface area (Å²) < 4.78 is 12.8. The molecule has 2 aliphatic heterocycles. The van der Waals surface area contributed by atoms with Gasteiger partial charge in [0.05, 0.1) is 47.8 Å². The Morgan fingerprint density at radius 2 is 1.95 bits per heavy atom. The number of ether oxygens (including phenoxy) is 2. The number of benzene rings is 2. The molecule has 0 saturated carbocycles. The van der Waals surface area contributed by atoms with Gasteiger partial charge in [-0.2, -0.15) is 0 Å². The molecule has 1 saturated heterocycles. The summed E-state index contributed by atoms with van der Waals surface area (Å²) in [5.41, 5.74) is 3.28. The monoisotopic (exact) mass is 532 g/mol. The Kier molecular flexibility index (Phi) is 6.38. The topological polar surface area (TPSA) is 96.6 Å². The van der Waals surface area contributed by atoms with Crippen LogP contribution in [-0.4, -0.2) is 82.5 Å². The molecule has 2 aromatic carbocycles. The number of ketones is 1. The van der Waals surface area contributed by atoms with Crippen molar-refractivity contribution in [1.82, 2.24) is 19.2 Å². The van der Waals surface area contributed by atoms with Gasteiger partial charge in [0, 0.05) is 31.9 Å². The molecule has 10 heteroatoms. The van der Waals surface area contributed by atoms with Gasteiger partial charge >= 0.3 is 0 Å². The Morgan fingerprint density at radius 3 is 2.74 bits per heavy atom. The molecule has 0 radical (unpaired) electrons. The van der Waals surface area contributed by atoms with Gasteiger partial charge in [-0.25, -0.2) is 4.98 Å². The van der Waals surface area contributed by atoms with E-state index >= 15 is 0 Å². The number of methoxy groups -OCH3 is 1. The van der Waals surface area contributed by atoms with E-state index in [-0.39, 0.29) is 11.4 Å². The number of aliphatic hydroxyl groups is 1. The van der Waals surface area contributed by atoms with E-state index in [1.165, 1.54) is 11.3 Å². The normalized spacial score (nSPS) is 18.7. The van der Waals surface area contributed by atoms with Crippen molar-refractivity contribution in [2.24, 2.45) is 0 Å². The number of amides is 1. The number of morpholine rings is 1. The number of hydrogen-bond acceptors (Lipinski definition) is 8. The number of aromatic nitrogens is 2. The number of aryl methyl sites for hydroxylation is 1. The Morgan fingerprint density at radius 1 is 1.16 bits per heavy atom. The lowest BCUT2D eigenvalue weighted by Gasteiger charge is -2.31. The van der Waals surface area contributed by atoms with E-state index in [1.54, 1.807) is 12.0 Å². The van der Waals surface area contributed by atoms with Crippen molar-refractivity contribution in [2.75, 3.05) is 46.5 Å². The number of nitrogens with zero attached hydrogens (tertiary/aromatic N) is 4. The van der Waals surface area contributed by atoms with Crippen LogP contribution in [0.2, 0.25) is 0 Å². The number of carbonyl (C=O) groups is 2. The number of para-hydroxylation sites is 2. The molecule has 6 rings (SSSR count). The summed E-state index contributed by atoms with van der Waals surface area (Å²) in [6.45, 7) is 5.69. The van der Waals surface area contributed by atoms with Crippen molar-refractivity contribution in [2.45, 2.75) is 13.0 Å². The van der Waals surface area contributed by atoms with Crippen molar-refractivity contribution < 1.29 is 24.2 Å². The second kappa shape index (κ2) is 9.86. The fourth-order valence-corrected chi connectivity index (χ4v) is 6.44. The largest absolute Gasteiger partial charge is 0.503 e. The average molecular weight is 533 g/mol. The van der Waals surface area contributed by atoms with Gasteiger partial charge in [-0.1, -0.05) is 35.6 Å². The van der Waals surface area contributed by atoms with Gasteiger partial charge < -0.3 is 19.5 Å². The van der Waals surface area contributed by atoms with Crippen LogP contribution >= 0.6 is 11.3 Å². The number of fused-ring (bicyclic) bond motifs is 3. The lowest BCUT2D eigenvalue weighted by Crippen LogP contribution is -2.43. The van der Waals surface area contributed by atoms with Crippen LogP contribution in [0.1, 0.15) is 27.0 Å². The molecule has 1 amide bonds. The van der Waals surface area contributed by atoms with Gasteiger partial charge in [-0.3, -0.25) is 18.9 Å². The Hall–Kier alpha value is -3.73. The number of imidazole rings is 1. The van der Waals surface area contributed by atoms with E-state index in [2.05, 4.69) is 9.88 Å². The molecule has 4 aromatic rings. The minimum absolute atomic E-state index is 0.0853. The Labute approximate surface area is 223 Å². The van der Waals surface area contributed by atoms with Gasteiger partial charge in [0.15, 0.2) is 10.7 Å². The van der Waals surface area contributed by atoms with Crippen LogP contribution in [0.4, 0.5) is 0 Å². The van der Waals surface area contributed by atoms with E-state index in [9.17, 15) is 14.7 Å². The molecule has 4 heterocycles. The standard InChI is InChI=1S/C28H28N4O5S/c1-17-26(38-28-29-20-8-3-4-9-21(20)32(17)28)24(33)22-23(18-6-5-7-19(16-18)36-2)31(27(35)25(22)34)11-10-30-12-14-37-15-13-30/h3-9,16,23,34H,10-15H2,1-2H3. The maximum absolute atomic E-state index is 14.1. The molecule has 1 unspecified atom stereocenters. The molecule has 1 N–H and O–H groups in total. The number of thiazole rings is 1. The van der Waals surface area contributed by atoms with Crippen LogP contribution in [0.15, 0.2) is 59.9 Å². The second-order valence-electron chi connectivity index (χ2n) is 9.46. The zero-order valence-corrected chi connectivity index (χ0v) is 22.0. The lowest BCUT2D eigenvalue weighted by molar-refractivity contribution is -0.129. The molecule has 0 aliphatic carbocycles. The van der Waals surface area contributed by atoms with E-state index in [4.69, 9.17) is 9.47 Å². The summed E-state index contributed by atoms with van der Waals surface area (Å²) in [5.74, 6) is -0.799. The highest BCUT2D eigenvalue weighted by Gasteiger charge is 2.44. The van der Waals surface area contributed by atoms with Gasteiger partial charge in [0.25, 0.3) is 5.91 Å². The maximum Gasteiger partial charge on any atom is 0.290 e. The van der Waals surface area contributed by atoms with Crippen molar-refractivity contribution in [3.05, 3.63) is 76.0 Å². The third kappa shape index (κ3) is 4.05. The first-order chi connectivity index (χ1) is 18.5. The molecule has 1 atom stereocenters. The molecule has 196 valence electrons. The molecule has 2 aliphatic rings. The third-order valence-corrected chi connectivity index (χ3v) is 8.45. The van der Waals surface area contributed by atoms with Crippen LogP contribution < -0.4 is 4.74 Å². The van der Waals surface area contributed by atoms with Crippen LogP contribution in [0, 0.1) is 6.92 Å². The Balaban J connectivity index is 1.41. The zero-order valence-electron chi connectivity index (χ0n) is 21.2. The fraction of sp³-hybridized carbons (Fsp3) is 0.321. The maximum atomic E-state index is 14.1. The SMILES string of the molecule is COc1cccc(C2C(C(=O)c3sc4nc5ccccc5n4c3C)=C(O)C(=O)N2CCN2CCOCC2)c1. The first-order valence-corrected chi connectivity index (χ1v) is 13.4. The highest BCUT2D eigenvalue weighted by atomic mass is 32.1. The summed E-state index contributed by atoms with van der Waals surface area (Å²) in [4.78, 5) is 37.2. The van der Waals surface area contributed by atoms with Crippen LogP contribution in [0.25, 0.3) is 16.0 Å². The first kappa shape index (κ1) is 24.6.